The third-order valence-corrected chi connectivity index (χ3v) is 3.01. The van der Waals surface area contributed by atoms with Crippen LogP contribution in [0.25, 0.3) is 0 Å². The number of likely N-dealkylation sites (N-methyl/N-ethyl adjacent to an activating group) is 2. The van der Waals surface area contributed by atoms with Crippen LogP contribution in [0.4, 0.5) is 5.13 Å². The quantitative estimate of drug-likeness (QED) is 0.810. The first kappa shape index (κ1) is 11.9. The molecule has 0 amide bonds. The first-order chi connectivity index (χ1) is 7.00. The van der Waals surface area contributed by atoms with Crippen LogP contribution in [-0.2, 0) is 0 Å². The van der Waals surface area contributed by atoms with E-state index in [2.05, 4.69) is 9.88 Å². The smallest absolute Gasteiger partial charge is 0.347 e. The molecule has 1 heterocycles. The summed E-state index contributed by atoms with van der Waals surface area (Å²) in [6.07, 6.45) is 1.40. The van der Waals surface area contributed by atoms with Crippen molar-refractivity contribution in [2.75, 3.05) is 39.1 Å². The molecule has 5 nitrogen and oxygen atoms in total. The lowest BCUT2D eigenvalue weighted by molar-refractivity contribution is 0.0702. The highest BCUT2D eigenvalue weighted by Gasteiger charge is 2.11. The van der Waals surface area contributed by atoms with Crippen LogP contribution in [0.3, 0.4) is 0 Å². The van der Waals surface area contributed by atoms with Crippen molar-refractivity contribution in [3.8, 4) is 0 Å². The Morgan fingerprint density at radius 1 is 1.47 bits per heavy atom. The molecule has 0 saturated carbocycles. The third kappa shape index (κ3) is 3.49. The Labute approximate surface area is 93.0 Å². The van der Waals surface area contributed by atoms with E-state index in [1.54, 1.807) is 0 Å². The zero-order valence-corrected chi connectivity index (χ0v) is 9.91. The Morgan fingerprint density at radius 3 is 2.60 bits per heavy atom. The molecular weight excluding hydrogens is 214 g/mol. The van der Waals surface area contributed by atoms with Crippen molar-refractivity contribution >= 4 is 22.4 Å². The molecule has 0 aliphatic carbocycles. The van der Waals surface area contributed by atoms with Gasteiger partial charge in [0.15, 0.2) is 5.13 Å². The summed E-state index contributed by atoms with van der Waals surface area (Å²) in [5, 5.41) is 9.49. The lowest BCUT2D eigenvalue weighted by atomic mass is 10.5. The van der Waals surface area contributed by atoms with E-state index in [0.717, 1.165) is 18.2 Å². The van der Waals surface area contributed by atoms with Crippen molar-refractivity contribution in [3.63, 3.8) is 0 Å². The fourth-order valence-corrected chi connectivity index (χ4v) is 1.73. The summed E-state index contributed by atoms with van der Waals surface area (Å²) in [5.74, 6) is -0.917. The molecule has 84 valence electrons. The van der Waals surface area contributed by atoms with Gasteiger partial charge in [-0.15, -0.1) is 0 Å². The number of thiazole rings is 1. The average molecular weight is 229 g/mol. The van der Waals surface area contributed by atoms with E-state index >= 15 is 0 Å². The molecule has 0 aliphatic heterocycles. The van der Waals surface area contributed by atoms with E-state index < -0.39 is 5.97 Å². The van der Waals surface area contributed by atoms with Crippen LogP contribution in [0.2, 0.25) is 0 Å². The van der Waals surface area contributed by atoms with Gasteiger partial charge in [0.25, 0.3) is 0 Å². The van der Waals surface area contributed by atoms with Crippen molar-refractivity contribution in [2.45, 2.75) is 0 Å². The van der Waals surface area contributed by atoms with Crippen molar-refractivity contribution in [2.24, 2.45) is 0 Å². The van der Waals surface area contributed by atoms with Gasteiger partial charge in [-0.25, -0.2) is 9.78 Å². The molecule has 0 aliphatic rings. The van der Waals surface area contributed by atoms with E-state index in [-0.39, 0.29) is 4.88 Å². The largest absolute Gasteiger partial charge is 0.477 e. The standard InChI is InChI=1S/C9H15N3O2S/c1-11(2)4-5-12(3)9-10-6-7(15-9)8(13)14/h6H,4-5H2,1-3H3,(H,13,14). The van der Waals surface area contributed by atoms with E-state index in [1.165, 1.54) is 17.5 Å². The maximum atomic E-state index is 10.6. The second-order valence-electron chi connectivity index (χ2n) is 3.54. The molecule has 0 fully saturated rings. The number of carboxylic acid groups (broad SMARTS) is 1. The minimum Gasteiger partial charge on any atom is -0.477 e. The number of hydrogen-bond acceptors (Lipinski definition) is 5. The zero-order chi connectivity index (χ0) is 11.4. The molecule has 0 unspecified atom stereocenters. The Hall–Kier alpha value is -1.14. The van der Waals surface area contributed by atoms with E-state index in [9.17, 15) is 4.79 Å². The number of carboxylic acids is 1. The predicted molar refractivity (Wildman–Crippen MR) is 60.9 cm³/mol. The van der Waals surface area contributed by atoms with Crippen molar-refractivity contribution in [1.29, 1.82) is 0 Å². The van der Waals surface area contributed by atoms with Crippen LogP contribution in [0.1, 0.15) is 9.67 Å². The summed E-state index contributed by atoms with van der Waals surface area (Å²) in [7, 11) is 5.91. The molecule has 0 aromatic carbocycles. The van der Waals surface area contributed by atoms with Gasteiger partial charge in [0.2, 0.25) is 0 Å². The molecule has 1 aromatic heterocycles. The molecule has 0 radical (unpaired) electrons. The molecule has 1 aromatic rings. The highest BCUT2D eigenvalue weighted by Crippen LogP contribution is 2.20. The molecule has 0 bridgehead atoms. The SMILES string of the molecule is CN(C)CCN(C)c1ncc(C(=O)O)s1. The first-order valence-electron chi connectivity index (χ1n) is 4.55. The van der Waals surface area contributed by atoms with Crippen LogP contribution >= 0.6 is 11.3 Å². The highest BCUT2D eigenvalue weighted by molar-refractivity contribution is 7.17. The van der Waals surface area contributed by atoms with Crippen molar-refractivity contribution in [1.82, 2.24) is 9.88 Å². The minimum atomic E-state index is -0.917. The summed E-state index contributed by atoms with van der Waals surface area (Å²) in [6.45, 7) is 1.75. The van der Waals surface area contributed by atoms with Gasteiger partial charge < -0.3 is 14.9 Å². The third-order valence-electron chi connectivity index (χ3n) is 1.91. The van der Waals surface area contributed by atoms with Gasteiger partial charge in [0.1, 0.15) is 4.88 Å². The molecule has 0 saturated heterocycles. The Morgan fingerprint density at radius 2 is 2.13 bits per heavy atom. The molecule has 6 heteroatoms. The zero-order valence-electron chi connectivity index (χ0n) is 9.10. The number of rotatable bonds is 5. The van der Waals surface area contributed by atoms with E-state index in [4.69, 9.17) is 5.11 Å². The van der Waals surface area contributed by atoms with Crippen LogP contribution in [0.5, 0.6) is 0 Å². The number of carbonyl (C=O) groups is 1. The molecule has 15 heavy (non-hydrogen) atoms. The van der Waals surface area contributed by atoms with Crippen LogP contribution in [-0.4, -0.2) is 55.2 Å². The fourth-order valence-electron chi connectivity index (χ4n) is 0.986. The molecule has 1 N–H and O–H groups in total. The first-order valence-corrected chi connectivity index (χ1v) is 5.37. The van der Waals surface area contributed by atoms with Gasteiger partial charge in [0, 0.05) is 20.1 Å². The topological polar surface area (TPSA) is 56.7 Å². The number of anilines is 1. The van der Waals surface area contributed by atoms with Crippen molar-refractivity contribution < 1.29 is 9.90 Å². The second kappa shape index (κ2) is 5.09. The summed E-state index contributed by atoms with van der Waals surface area (Å²) < 4.78 is 0. The van der Waals surface area contributed by atoms with Crippen LogP contribution in [0, 0.1) is 0 Å². The molecule has 1 rings (SSSR count). The highest BCUT2D eigenvalue weighted by atomic mass is 32.1. The molecular formula is C9H15N3O2S. The lowest BCUT2D eigenvalue weighted by Crippen LogP contribution is -2.28. The number of hydrogen-bond donors (Lipinski definition) is 1. The van der Waals surface area contributed by atoms with Gasteiger partial charge in [-0.3, -0.25) is 0 Å². The van der Waals surface area contributed by atoms with Gasteiger partial charge >= 0.3 is 5.97 Å². The summed E-state index contributed by atoms with van der Waals surface area (Å²) >= 11 is 1.20. The number of aromatic carboxylic acids is 1. The minimum absolute atomic E-state index is 0.279. The maximum absolute atomic E-state index is 10.6. The van der Waals surface area contributed by atoms with Gasteiger partial charge in [0.05, 0.1) is 6.20 Å². The summed E-state index contributed by atoms with van der Waals surface area (Å²) in [5.41, 5.74) is 0. The molecule has 0 atom stereocenters. The number of nitrogens with zero attached hydrogens (tertiary/aromatic N) is 3. The fraction of sp³-hybridized carbons (Fsp3) is 0.556. The van der Waals surface area contributed by atoms with Gasteiger partial charge in [-0.2, -0.15) is 0 Å². The second-order valence-corrected chi connectivity index (χ2v) is 4.55. The Kier molecular flexibility index (Phi) is 4.05. The summed E-state index contributed by atoms with van der Waals surface area (Å²) in [4.78, 5) is 19.0. The normalized spacial score (nSPS) is 10.7. The van der Waals surface area contributed by atoms with E-state index in [0.29, 0.717) is 0 Å². The van der Waals surface area contributed by atoms with Crippen molar-refractivity contribution in [3.05, 3.63) is 11.1 Å². The Balaban J connectivity index is 2.58. The van der Waals surface area contributed by atoms with Gasteiger partial charge in [-0.05, 0) is 14.1 Å². The van der Waals surface area contributed by atoms with E-state index in [1.807, 2.05) is 26.0 Å². The van der Waals surface area contributed by atoms with Crippen LogP contribution in [0.15, 0.2) is 6.20 Å². The average Bonchev–Trinajstić information content (AvgIpc) is 2.62. The predicted octanol–water partition coefficient (Wildman–Crippen LogP) is 0.839. The lowest BCUT2D eigenvalue weighted by Gasteiger charge is -2.18. The van der Waals surface area contributed by atoms with Gasteiger partial charge in [-0.1, -0.05) is 11.3 Å². The van der Waals surface area contributed by atoms with Crippen LogP contribution < -0.4 is 4.90 Å². The molecule has 0 spiro atoms. The maximum Gasteiger partial charge on any atom is 0.347 e. The summed E-state index contributed by atoms with van der Waals surface area (Å²) in [6, 6.07) is 0. The Bertz CT molecular complexity index is 338. The monoisotopic (exact) mass is 229 g/mol. The number of aromatic nitrogens is 1.